The maximum Gasteiger partial charge on any atom is 0.130 e. The van der Waals surface area contributed by atoms with Crippen molar-refractivity contribution in [1.82, 2.24) is 0 Å². The lowest BCUT2D eigenvalue weighted by Gasteiger charge is -2.19. The van der Waals surface area contributed by atoms with Gasteiger partial charge in [0.2, 0.25) is 0 Å². The molecule has 124 valence electrons. The van der Waals surface area contributed by atoms with Gasteiger partial charge in [0, 0.05) is 16.0 Å². The van der Waals surface area contributed by atoms with Crippen LogP contribution >= 0.6 is 12.6 Å². The van der Waals surface area contributed by atoms with Crippen LogP contribution in [0.4, 0.5) is 0 Å². The van der Waals surface area contributed by atoms with Crippen molar-refractivity contribution in [3.8, 4) is 16.9 Å². The number of fused-ring (bicyclic) bond motifs is 2. The first-order valence-corrected chi connectivity index (χ1v) is 8.84. The van der Waals surface area contributed by atoms with Crippen LogP contribution in [0.25, 0.3) is 32.7 Å². The number of aryl methyl sites for hydroxylation is 2. The summed E-state index contributed by atoms with van der Waals surface area (Å²) in [6, 6.07) is 21.3. The van der Waals surface area contributed by atoms with E-state index in [4.69, 9.17) is 17.4 Å². The van der Waals surface area contributed by atoms with Crippen molar-refractivity contribution in [2.75, 3.05) is 7.11 Å². The third kappa shape index (κ3) is 2.49. The minimum absolute atomic E-state index is 0.921. The Kier molecular flexibility index (Phi) is 3.93. The highest BCUT2D eigenvalue weighted by atomic mass is 32.1. The maximum atomic E-state index is 5.85. The molecular formula is C23H20OS. The zero-order chi connectivity index (χ0) is 17.6. The van der Waals surface area contributed by atoms with E-state index in [9.17, 15) is 0 Å². The molecule has 4 rings (SSSR count). The average Bonchev–Trinajstić information content (AvgIpc) is 2.62. The molecule has 0 spiro atoms. The molecule has 0 aliphatic rings. The average molecular weight is 344 g/mol. The second-order valence-electron chi connectivity index (χ2n) is 6.46. The monoisotopic (exact) mass is 344 g/mol. The molecule has 1 nitrogen and oxygen atoms in total. The largest absolute Gasteiger partial charge is 0.496 e. The minimum atomic E-state index is 0.921. The highest BCUT2D eigenvalue weighted by Crippen LogP contribution is 2.45. The van der Waals surface area contributed by atoms with E-state index in [0.29, 0.717) is 0 Å². The quantitative estimate of drug-likeness (QED) is 0.404. The summed E-state index contributed by atoms with van der Waals surface area (Å²) in [6.07, 6.45) is 0. The van der Waals surface area contributed by atoms with Crippen LogP contribution in [0.2, 0.25) is 0 Å². The van der Waals surface area contributed by atoms with Crippen molar-refractivity contribution in [2.24, 2.45) is 0 Å². The molecule has 4 aromatic carbocycles. The van der Waals surface area contributed by atoms with Crippen LogP contribution < -0.4 is 4.74 Å². The highest BCUT2D eigenvalue weighted by Gasteiger charge is 2.19. The minimum Gasteiger partial charge on any atom is -0.496 e. The van der Waals surface area contributed by atoms with E-state index in [-0.39, 0.29) is 0 Å². The molecule has 0 aliphatic carbocycles. The van der Waals surface area contributed by atoms with Crippen LogP contribution in [0.15, 0.2) is 65.6 Å². The van der Waals surface area contributed by atoms with E-state index in [0.717, 1.165) is 27.3 Å². The number of hydrogen-bond acceptors (Lipinski definition) is 2. The summed E-state index contributed by atoms with van der Waals surface area (Å²) in [4.78, 5) is 1.01. The van der Waals surface area contributed by atoms with Crippen LogP contribution in [0.3, 0.4) is 0 Å². The number of hydrogen-bond donors (Lipinski definition) is 1. The number of benzene rings is 4. The van der Waals surface area contributed by atoms with Gasteiger partial charge in [0.05, 0.1) is 7.11 Å². The van der Waals surface area contributed by atoms with Crippen LogP contribution in [-0.4, -0.2) is 7.11 Å². The Labute approximate surface area is 153 Å². The molecule has 0 radical (unpaired) electrons. The molecule has 0 aromatic heterocycles. The summed E-state index contributed by atoms with van der Waals surface area (Å²) in [6.45, 7) is 4.22. The van der Waals surface area contributed by atoms with E-state index in [1.807, 2.05) is 0 Å². The standard InChI is InChI=1S/C23H20OS/c1-14-12-16-8-4-6-10-18(16)20(22(14)24-3)21-19-11-7-5-9-17(19)13-15(2)23(21)25/h4-13,25H,1-3H3. The fourth-order valence-corrected chi connectivity index (χ4v) is 4.01. The zero-order valence-electron chi connectivity index (χ0n) is 14.6. The fraction of sp³-hybridized carbons (Fsp3) is 0.130. The summed E-state index contributed by atoms with van der Waals surface area (Å²) in [5.74, 6) is 0.921. The topological polar surface area (TPSA) is 9.23 Å². The number of ether oxygens (including phenoxy) is 1. The first kappa shape index (κ1) is 16.0. The van der Waals surface area contributed by atoms with Crippen LogP contribution in [0.1, 0.15) is 11.1 Å². The Morgan fingerprint density at radius 2 is 1.24 bits per heavy atom. The Hall–Kier alpha value is -2.45. The molecule has 0 bridgehead atoms. The Morgan fingerprint density at radius 3 is 1.84 bits per heavy atom. The maximum absolute atomic E-state index is 5.85. The van der Waals surface area contributed by atoms with Crippen molar-refractivity contribution < 1.29 is 4.74 Å². The SMILES string of the molecule is COc1c(C)cc2ccccc2c1-c1c(S)c(C)cc2ccccc12. The molecule has 2 heteroatoms. The predicted octanol–water partition coefficient (Wildman–Crippen LogP) is 6.57. The molecule has 0 saturated carbocycles. The van der Waals surface area contributed by atoms with E-state index in [1.165, 1.54) is 27.1 Å². The van der Waals surface area contributed by atoms with Gasteiger partial charge in [-0.1, -0.05) is 54.6 Å². The lowest BCUT2D eigenvalue weighted by atomic mass is 9.90. The van der Waals surface area contributed by atoms with Gasteiger partial charge in [0.25, 0.3) is 0 Å². The first-order valence-electron chi connectivity index (χ1n) is 8.40. The summed E-state index contributed by atoms with van der Waals surface area (Å²) < 4.78 is 5.85. The van der Waals surface area contributed by atoms with Gasteiger partial charge >= 0.3 is 0 Å². The van der Waals surface area contributed by atoms with E-state index < -0.39 is 0 Å². The van der Waals surface area contributed by atoms with E-state index >= 15 is 0 Å². The van der Waals surface area contributed by atoms with Crippen LogP contribution in [-0.2, 0) is 0 Å². The fourth-order valence-electron chi connectivity index (χ4n) is 3.71. The van der Waals surface area contributed by atoms with Gasteiger partial charge in [-0.25, -0.2) is 0 Å². The van der Waals surface area contributed by atoms with Crippen molar-refractivity contribution in [1.29, 1.82) is 0 Å². The van der Waals surface area contributed by atoms with Gasteiger partial charge in [0.1, 0.15) is 5.75 Å². The predicted molar refractivity (Wildman–Crippen MR) is 110 cm³/mol. The molecule has 0 saturated heterocycles. The molecule has 4 aromatic rings. The van der Waals surface area contributed by atoms with Crippen molar-refractivity contribution in [2.45, 2.75) is 18.7 Å². The summed E-state index contributed by atoms with van der Waals surface area (Å²) in [5.41, 5.74) is 4.58. The van der Waals surface area contributed by atoms with Gasteiger partial charge in [-0.05, 0) is 52.6 Å². The molecule has 0 amide bonds. The number of methoxy groups -OCH3 is 1. The second kappa shape index (κ2) is 6.12. The summed E-state index contributed by atoms with van der Waals surface area (Å²) in [7, 11) is 1.75. The molecule has 0 fully saturated rings. The van der Waals surface area contributed by atoms with Gasteiger partial charge < -0.3 is 4.74 Å². The Bertz CT molecular complexity index is 1110. The van der Waals surface area contributed by atoms with Crippen molar-refractivity contribution in [3.05, 3.63) is 71.8 Å². The smallest absolute Gasteiger partial charge is 0.130 e. The number of thiol groups is 1. The molecule has 25 heavy (non-hydrogen) atoms. The van der Waals surface area contributed by atoms with Gasteiger partial charge in [-0.15, -0.1) is 12.6 Å². The highest BCUT2D eigenvalue weighted by molar-refractivity contribution is 7.80. The number of rotatable bonds is 2. The van der Waals surface area contributed by atoms with Crippen molar-refractivity contribution >= 4 is 34.2 Å². The zero-order valence-corrected chi connectivity index (χ0v) is 15.5. The van der Waals surface area contributed by atoms with E-state index in [2.05, 4.69) is 74.5 Å². The Balaban J connectivity index is 2.27. The first-order chi connectivity index (χ1) is 12.1. The summed E-state index contributed by atoms with van der Waals surface area (Å²) >= 11 is 4.89. The van der Waals surface area contributed by atoms with Gasteiger partial charge in [0.15, 0.2) is 0 Å². The second-order valence-corrected chi connectivity index (χ2v) is 6.91. The molecule has 0 N–H and O–H groups in total. The van der Waals surface area contributed by atoms with Crippen LogP contribution in [0, 0.1) is 13.8 Å². The van der Waals surface area contributed by atoms with Crippen LogP contribution in [0.5, 0.6) is 5.75 Å². The Morgan fingerprint density at radius 1 is 0.720 bits per heavy atom. The molecule has 0 unspecified atom stereocenters. The molecular weight excluding hydrogens is 324 g/mol. The third-order valence-corrected chi connectivity index (χ3v) is 5.43. The molecule has 0 aliphatic heterocycles. The molecule has 0 atom stereocenters. The summed E-state index contributed by atoms with van der Waals surface area (Å²) in [5, 5.41) is 4.83. The normalized spacial score (nSPS) is 11.2. The van der Waals surface area contributed by atoms with E-state index in [1.54, 1.807) is 7.11 Å². The van der Waals surface area contributed by atoms with Gasteiger partial charge in [-0.2, -0.15) is 0 Å². The third-order valence-electron chi connectivity index (χ3n) is 4.85. The lowest BCUT2D eigenvalue weighted by molar-refractivity contribution is 0.414. The van der Waals surface area contributed by atoms with Crippen molar-refractivity contribution in [3.63, 3.8) is 0 Å². The van der Waals surface area contributed by atoms with Gasteiger partial charge in [-0.3, -0.25) is 0 Å². The lowest BCUT2D eigenvalue weighted by Crippen LogP contribution is -1.96. The molecule has 0 heterocycles.